The molecule has 0 spiro atoms. The number of benzene rings is 2. The number of hydrogen-bond donors (Lipinski definition) is 1. The third-order valence-electron chi connectivity index (χ3n) is 5.21. The molecule has 10 heteroatoms. The number of ether oxygens (including phenoxy) is 2. The number of imide groups is 1. The number of nitrogens with one attached hydrogen (secondary N) is 1. The molecule has 1 aliphatic heterocycles. The van der Waals surface area contributed by atoms with Crippen molar-refractivity contribution in [1.29, 1.82) is 0 Å². The molecule has 1 N–H and O–H groups in total. The molecule has 0 saturated carbocycles. The average molecular weight is 493 g/mol. The Kier molecular flexibility index (Phi) is 7.51. The Morgan fingerprint density at radius 2 is 1.94 bits per heavy atom. The van der Waals surface area contributed by atoms with Gasteiger partial charge in [0.05, 0.1) is 24.9 Å². The number of thioether (sulfide) groups is 1. The maximum Gasteiger partial charge on any atom is 0.293 e. The van der Waals surface area contributed by atoms with Gasteiger partial charge in [-0.15, -0.1) is 0 Å². The molecule has 0 atom stereocenters. The van der Waals surface area contributed by atoms with E-state index in [1.165, 1.54) is 7.11 Å². The van der Waals surface area contributed by atoms with E-state index in [0.717, 1.165) is 22.3 Å². The lowest BCUT2D eigenvalue weighted by atomic mass is 10.2. The molecule has 2 aromatic carbocycles. The van der Waals surface area contributed by atoms with Gasteiger partial charge in [-0.05, 0) is 66.7 Å². The normalized spacial score (nSPS) is 14.5. The summed E-state index contributed by atoms with van der Waals surface area (Å²) in [6.45, 7) is 2.60. The maximum atomic E-state index is 12.8. The summed E-state index contributed by atoms with van der Waals surface area (Å²) < 4.78 is 12.7. The van der Waals surface area contributed by atoms with Crippen molar-refractivity contribution in [2.24, 2.45) is 0 Å². The number of imidazole rings is 1. The quantitative estimate of drug-likeness (QED) is 0.454. The van der Waals surface area contributed by atoms with Gasteiger partial charge in [-0.2, -0.15) is 0 Å². The maximum absolute atomic E-state index is 12.8. The van der Waals surface area contributed by atoms with Crippen molar-refractivity contribution in [2.45, 2.75) is 6.92 Å². The van der Waals surface area contributed by atoms with E-state index in [1.807, 2.05) is 29.8 Å². The molecule has 4 rings (SSSR count). The van der Waals surface area contributed by atoms with Crippen LogP contribution in [-0.2, 0) is 4.79 Å². The number of hydrogen-bond acceptors (Lipinski definition) is 7. The van der Waals surface area contributed by atoms with Gasteiger partial charge >= 0.3 is 0 Å². The van der Waals surface area contributed by atoms with Crippen LogP contribution in [0, 0.1) is 0 Å². The monoisotopic (exact) mass is 492 g/mol. The number of aromatic nitrogens is 2. The molecule has 2 heterocycles. The van der Waals surface area contributed by atoms with E-state index in [2.05, 4.69) is 10.3 Å². The predicted molar refractivity (Wildman–Crippen MR) is 133 cm³/mol. The fraction of sp³-hybridized carbons (Fsp3) is 0.200. The summed E-state index contributed by atoms with van der Waals surface area (Å²) in [5.74, 6) is 0.464. The molecule has 3 aromatic rings. The summed E-state index contributed by atoms with van der Waals surface area (Å²) in [5, 5.41) is 2.38. The highest BCUT2D eigenvalue weighted by Gasteiger charge is 2.34. The molecule has 180 valence electrons. The minimum Gasteiger partial charge on any atom is -0.493 e. The molecule has 0 radical (unpaired) electrons. The molecule has 9 nitrogen and oxygen atoms in total. The van der Waals surface area contributed by atoms with Crippen LogP contribution in [0.4, 0.5) is 4.79 Å². The third-order valence-corrected chi connectivity index (χ3v) is 6.12. The Hall–Kier alpha value is -4.05. The lowest BCUT2D eigenvalue weighted by Gasteiger charge is -2.13. The Morgan fingerprint density at radius 3 is 2.63 bits per heavy atom. The topological polar surface area (TPSA) is 103 Å². The van der Waals surface area contributed by atoms with Crippen molar-refractivity contribution in [3.05, 3.63) is 77.2 Å². The highest BCUT2D eigenvalue weighted by molar-refractivity contribution is 8.18. The van der Waals surface area contributed by atoms with Crippen molar-refractivity contribution in [2.75, 3.05) is 26.8 Å². The zero-order valence-electron chi connectivity index (χ0n) is 19.3. The number of carbonyl (C=O) groups is 3. The van der Waals surface area contributed by atoms with Crippen LogP contribution in [0.2, 0.25) is 0 Å². The highest BCUT2D eigenvalue weighted by Crippen LogP contribution is 2.34. The second-order valence-corrected chi connectivity index (χ2v) is 8.44. The summed E-state index contributed by atoms with van der Waals surface area (Å²) in [6.07, 6.45) is 6.80. The van der Waals surface area contributed by atoms with Crippen LogP contribution in [-0.4, -0.2) is 58.3 Å². The highest BCUT2D eigenvalue weighted by atomic mass is 32.2. The van der Waals surface area contributed by atoms with E-state index < -0.39 is 5.91 Å². The Labute approximate surface area is 206 Å². The first kappa shape index (κ1) is 24.1. The van der Waals surface area contributed by atoms with Crippen LogP contribution >= 0.6 is 11.8 Å². The van der Waals surface area contributed by atoms with Gasteiger partial charge in [0.2, 0.25) is 0 Å². The molecule has 0 bridgehead atoms. The SMILES string of the molecule is CCOc1ccc(/C=C2\SC(=O)N(CCNC(=O)c3ccc(-n4ccnc4)cc3)C2=O)cc1OC. The number of rotatable bonds is 9. The Balaban J connectivity index is 1.34. The number of nitrogens with zero attached hydrogens (tertiary/aromatic N) is 3. The van der Waals surface area contributed by atoms with Crippen LogP contribution in [0.25, 0.3) is 11.8 Å². The molecule has 0 aliphatic carbocycles. The second kappa shape index (κ2) is 10.9. The fourth-order valence-electron chi connectivity index (χ4n) is 3.47. The van der Waals surface area contributed by atoms with E-state index in [4.69, 9.17) is 9.47 Å². The van der Waals surface area contributed by atoms with Gasteiger partial charge in [0, 0.05) is 36.7 Å². The van der Waals surface area contributed by atoms with Crippen molar-refractivity contribution in [1.82, 2.24) is 19.8 Å². The van der Waals surface area contributed by atoms with Gasteiger partial charge < -0.3 is 19.4 Å². The molecule has 1 saturated heterocycles. The summed E-state index contributed by atoms with van der Waals surface area (Å²) in [6, 6.07) is 12.3. The van der Waals surface area contributed by atoms with Crippen molar-refractivity contribution in [3.63, 3.8) is 0 Å². The van der Waals surface area contributed by atoms with Gasteiger partial charge in [-0.3, -0.25) is 19.3 Å². The standard InChI is InChI=1S/C25H24N4O5S/c1-3-34-20-9-4-17(14-21(20)33-2)15-22-24(31)29(25(32)35-22)13-11-27-23(30)18-5-7-19(8-6-18)28-12-10-26-16-28/h4-10,12,14-16H,3,11,13H2,1-2H3,(H,27,30)/b22-15-. The molecule has 1 fully saturated rings. The van der Waals surface area contributed by atoms with Crippen LogP contribution < -0.4 is 14.8 Å². The average Bonchev–Trinajstić information content (AvgIpc) is 3.50. The largest absolute Gasteiger partial charge is 0.493 e. The van der Waals surface area contributed by atoms with Crippen LogP contribution in [0.3, 0.4) is 0 Å². The minimum absolute atomic E-state index is 0.0769. The van der Waals surface area contributed by atoms with Gasteiger partial charge in [-0.25, -0.2) is 4.98 Å². The van der Waals surface area contributed by atoms with Gasteiger partial charge in [0.15, 0.2) is 11.5 Å². The zero-order valence-corrected chi connectivity index (χ0v) is 20.1. The molecule has 3 amide bonds. The first-order valence-electron chi connectivity index (χ1n) is 10.9. The Morgan fingerprint density at radius 1 is 1.14 bits per heavy atom. The smallest absolute Gasteiger partial charge is 0.293 e. The number of methoxy groups -OCH3 is 1. The molecule has 1 aliphatic rings. The van der Waals surface area contributed by atoms with Gasteiger partial charge in [-0.1, -0.05) is 6.07 Å². The molecule has 35 heavy (non-hydrogen) atoms. The van der Waals surface area contributed by atoms with Crippen LogP contribution in [0.15, 0.2) is 66.1 Å². The van der Waals surface area contributed by atoms with Gasteiger partial charge in [0.1, 0.15) is 0 Å². The van der Waals surface area contributed by atoms with Crippen molar-refractivity contribution < 1.29 is 23.9 Å². The zero-order chi connectivity index (χ0) is 24.8. The molecule has 1 aromatic heterocycles. The van der Waals surface area contributed by atoms with Crippen LogP contribution in [0.1, 0.15) is 22.8 Å². The number of amides is 3. The number of carbonyl (C=O) groups excluding carboxylic acids is 3. The lowest BCUT2D eigenvalue weighted by molar-refractivity contribution is -0.122. The van der Waals surface area contributed by atoms with E-state index in [0.29, 0.717) is 34.1 Å². The predicted octanol–water partition coefficient (Wildman–Crippen LogP) is 3.75. The molecular weight excluding hydrogens is 468 g/mol. The summed E-state index contributed by atoms with van der Waals surface area (Å²) in [5.41, 5.74) is 2.07. The first-order chi connectivity index (χ1) is 17.0. The van der Waals surface area contributed by atoms with E-state index in [9.17, 15) is 14.4 Å². The lowest BCUT2D eigenvalue weighted by Crippen LogP contribution is -2.37. The fourth-order valence-corrected chi connectivity index (χ4v) is 4.34. The van der Waals surface area contributed by atoms with Gasteiger partial charge in [0.25, 0.3) is 17.1 Å². The molecular formula is C25H24N4O5S. The summed E-state index contributed by atoms with van der Waals surface area (Å²) in [7, 11) is 1.54. The van der Waals surface area contributed by atoms with E-state index in [-0.39, 0.29) is 24.2 Å². The summed E-state index contributed by atoms with van der Waals surface area (Å²) >= 11 is 0.866. The van der Waals surface area contributed by atoms with E-state index >= 15 is 0 Å². The van der Waals surface area contributed by atoms with E-state index in [1.54, 1.807) is 48.9 Å². The first-order valence-corrected chi connectivity index (χ1v) is 11.7. The van der Waals surface area contributed by atoms with Crippen molar-refractivity contribution >= 4 is 34.9 Å². The minimum atomic E-state index is -0.396. The van der Waals surface area contributed by atoms with Crippen molar-refractivity contribution in [3.8, 4) is 17.2 Å². The Bertz CT molecular complexity index is 1260. The summed E-state index contributed by atoms with van der Waals surface area (Å²) in [4.78, 5) is 43.1. The third kappa shape index (κ3) is 5.55. The van der Waals surface area contributed by atoms with Crippen LogP contribution in [0.5, 0.6) is 11.5 Å². The molecule has 0 unspecified atom stereocenters. The second-order valence-electron chi connectivity index (χ2n) is 7.45.